The zero-order valence-corrected chi connectivity index (χ0v) is 16.8. The van der Waals surface area contributed by atoms with E-state index in [1.165, 1.54) is 13.3 Å². The molecule has 2 aromatic rings. The van der Waals surface area contributed by atoms with Gasteiger partial charge in [-0.1, -0.05) is 12.1 Å². The summed E-state index contributed by atoms with van der Waals surface area (Å²) in [6.07, 6.45) is 5.25. The molecule has 4 rings (SSSR count). The van der Waals surface area contributed by atoms with E-state index in [2.05, 4.69) is 11.0 Å². The lowest BCUT2D eigenvalue weighted by Gasteiger charge is -2.29. The van der Waals surface area contributed by atoms with E-state index in [1.807, 2.05) is 25.1 Å². The first-order valence-corrected chi connectivity index (χ1v) is 10.2. The zero-order chi connectivity index (χ0) is 19.8. The highest BCUT2D eigenvalue weighted by atomic mass is 32.2. The number of pyridine rings is 1. The van der Waals surface area contributed by atoms with Gasteiger partial charge in [0.2, 0.25) is 5.91 Å². The molecule has 0 bridgehead atoms. The lowest BCUT2D eigenvalue weighted by molar-refractivity contribution is -0.135. The summed E-state index contributed by atoms with van der Waals surface area (Å²) in [5.74, 6) is -0.00290. The Labute approximate surface area is 168 Å². The summed E-state index contributed by atoms with van der Waals surface area (Å²) in [6.45, 7) is 5.23. The first-order valence-electron chi connectivity index (χ1n) is 9.43. The van der Waals surface area contributed by atoms with Crippen molar-refractivity contribution in [3.63, 3.8) is 0 Å². The molecular weight excluding hydrogens is 372 g/mol. The van der Waals surface area contributed by atoms with Crippen molar-refractivity contribution < 1.29 is 9.59 Å². The summed E-state index contributed by atoms with van der Waals surface area (Å²) in [5.41, 5.74) is 2.95. The number of hydrogen-bond donors (Lipinski definition) is 1. The quantitative estimate of drug-likeness (QED) is 0.781. The highest BCUT2D eigenvalue weighted by Crippen LogP contribution is 2.35. The number of nitrogens with one attached hydrogen (secondary N) is 1. The molecule has 2 aliphatic rings. The number of carbonyl (C=O) groups excluding carboxylic acids is 2. The average Bonchev–Trinajstić information content (AvgIpc) is 2.95. The Bertz CT molecular complexity index is 1020. The van der Waals surface area contributed by atoms with Crippen LogP contribution >= 0.6 is 11.8 Å². The second kappa shape index (κ2) is 7.39. The first kappa shape index (κ1) is 18.7. The number of benzene rings is 1. The number of nitrogens with zero attached hydrogens (tertiary/aromatic N) is 3. The van der Waals surface area contributed by atoms with Crippen molar-refractivity contribution in [3.05, 3.63) is 40.3 Å². The molecule has 2 aliphatic heterocycles. The van der Waals surface area contributed by atoms with Crippen LogP contribution in [0.5, 0.6) is 0 Å². The number of carbonyl (C=O) groups is 2. The summed E-state index contributed by atoms with van der Waals surface area (Å²) in [5, 5.41) is 8.91. The van der Waals surface area contributed by atoms with Gasteiger partial charge in [-0.3, -0.25) is 15.0 Å². The Kier molecular flexibility index (Phi) is 4.93. The number of aromatic nitrogens is 1. The molecule has 2 amide bonds. The minimum atomic E-state index is -0.436. The SMILES string of the molecule is CC(=O)N1C(=N)S/C(=C/c2cc3ccc(C)cc3nc2N2CCCCC2)C1=O. The lowest BCUT2D eigenvalue weighted by Crippen LogP contribution is -2.33. The summed E-state index contributed by atoms with van der Waals surface area (Å²) in [4.78, 5) is 32.8. The van der Waals surface area contributed by atoms with Crippen LogP contribution in [-0.2, 0) is 9.59 Å². The van der Waals surface area contributed by atoms with Crippen molar-refractivity contribution in [2.24, 2.45) is 0 Å². The van der Waals surface area contributed by atoms with Gasteiger partial charge in [-0.25, -0.2) is 9.88 Å². The van der Waals surface area contributed by atoms with E-state index in [0.29, 0.717) is 4.91 Å². The van der Waals surface area contributed by atoms with Crippen molar-refractivity contribution >= 4 is 51.5 Å². The van der Waals surface area contributed by atoms with Gasteiger partial charge in [0.05, 0.1) is 10.4 Å². The standard InChI is InChI=1S/C21H22N4O2S/c1-13-6-7-15-11-16(12-18-20(27)25(14(2)26)21(22)28-18)19(23-17(15)10-13)24-8-4-3-5-9-24/h6-7,10-12,22H,3-5,8-9H2,1-2H3/b18-12+,22-21?. The zero-order valence-electron chi connectivity index (χ0n) is 16.0. The molecule has 0 aliphatic carbocycles. The molecule has 0 radical (unpaired) electrons. The Hall–Kier alpha value is -2.67. The Balaban J connectivity index is 1.83. The predicted molar refractivity (Wildman–Crippen MR) is 113 cm³/mol. The smallest absolute Gasteiger partial charge is 0.273 e. The minimum absolute atomic E-state index is 0.0485. The highest BCUT2D eigenvalue weighted by Gasteiger charge is 2.35. The molecule has 1 aromatic heterocycles. The fourth-order valence-electron chi connectivity index (χ4n) is 3.66. The summed E-state index contributed by atoms with van der Waals surface area (Å²) in [6, 6.07) is 8.20. The second-order valence-electron chi connectivity index (χ2n) is 7.22. The van der Waals surface area contributed by atoms with Crippen LogP contribution in [-0.4, -0.2) is 40.0 Å². The predicted octanol–water partition coefficient (Wildman–Crippen LogP) is 3.93. The van der Waals surface area contributed by atoms with Crippen molar-refractivity contribution in [2.75, 3.05) is 18.0 Å². The fraction of sp³-hybridized carbons (Fsp3) is 0.333. The molecule has 0 spiro atoms. The monoisotopic (exact) mass is 394 g/mol. The van der Waals surface area contributed by atoms with Gasteiger partial charge in [-0.2, -0.15) is 0 Å². The Morgan fingerprint density at radius 1 is 1.21 bits per heavy atom. The maximum Gasteiger partial charge on any atom is 0.273 e. The van der Waals surface area contributed by atoms with Crippen molar-refractivity contribution in [2.45, 2.75) is 33.1 Å². The Morgan fingerprint density at radius 3 is 2.64 bits per heavy atom. The molecule has 2 fully saturated rings. The van der Waals surface area contributed by atoms with Gasteiger partial charge in [0.25, 0.3) is 5.91 Å². The highest BCUT2D eigenvalue weighted by molar-refractivity contribution is 8.18. The number of thioether (sulfide) groups is 1. The number of aryl methyl sites for hydroxylation is 1. The molecule has 0 atom stereocenters. The Morgan fingerprint density at radius 2 is 1.96 bits per heavy atom. The van der Waals surface area contributed by atoms with Gasteiger partial charge in [0.15, 0.2) is 5.17 Å². The molecule has 7 heteroatoms. The first-order chi connectivity index (χ1) is 13.4. The van der Waals surface area contributed by atoms with E-state index >= 15 is 0 Å². The van der Waals surface area contributed by atoms with Crippen LogP contribution in [0.4, 0.5) is 5.82 Å². The molecule has 3 heterocycles. The largest absolute Gasteiger partial charge is 0.356 e. The van der Waals surface area contributed by atoms with Crippen LogP contribution in [0.2, 0.25) is 0 Å². The molecular formula is C21H22N4O2S. The van der Waals surface area contributed by atoms with Gasteiger partial charge in [-0.05, 0) is 61.7 Å². The van der Waals surface area contributed by atoms with Crippen molar-refractivity contribution in [1.82, 2.24) is 9.88 Å². The molecule has 6 nitrogen and oxygen atoms in total. The van der Waals surface area contributed by atoms with E-state index in [-0.39, 0.29) is 5.17 Å². The van der Waals surface area contributed by atoms with Crippen LogP contribution in [0.3, 0.4) is 0 Å². The third-order valence-corrected chi connectivity index (χ3v) is 5.95. The van der Waals surface area contributed by atoms with Crippen LogP contribution in [0, 0.1) is 12.3 Å². The maximum atomic E-state index is 12.6. The third-order valence-electron chi connectivity index (χ3n) is 5.06. The van der Waals surface area contributed by atoms with Crippen molar-refractivity contribution in [1.29, 1.82) is 5.41 Å². The number of hydrogen-bond acceptors (Lipinski definition) is 6. The van der Waals surface area contributed by atoms with E-state index in [9.17, 15) is 9.59 Å². The minimum Gasteiger partial charge on any atom is -0.356 e. The molecule has 1 aromatic carbocycles. The summed E-state index contributed by atoms with van der Waals surface area (Å²) < 4.78 is 0. The lowest BCUT2D eigenvalue weighted by atomic mass is 10.1. The third kappa shape index (κ3) is 3.42. The summed E-state index contributed by atoms with van der Waals surface area (Å²) in [7, 11) is 0. The molecule has 1 N–H and O–H groups in total. The average molecular weight is 395 g/mol. The van der Waals surface area contributed by atoms with Gasteiger partial charge in [0, 0.05) is 31.0 Å². The maximum absolute atomic E-state index is 12.6. The number of amides is 2. The number of fused-ring (bicyclic) bond motifs is 1. The van der Waals surface area contributed by atoms with Crippen LogP contribution in [0.1, 0.15) is 37.3 Å². The van der Waals surface area contributed by atoms with Crippen LogP contribution < -0.4 is 4.90 Å². The molecule has 0 saturated carbocycles. The van der Waals surface area contributed by atoms with Crippen LogP contribution in [0.15, 0.2) is 29.2 Å². The number of piperidine rings is 1. The van der Waals surface area contributed by atoms with E-state index in [4.69, 9.17) is 10.4 Å². The van der Waals surface area contributed by atoms with E-state index in [1.54, 1.807) is 6.08 Å². The number of amidine groups is 1. The van der Waals surface area contributed by atoms with Crippen LogP contribution in [0.25, 0.3) is 17.0 Å². The molecule has 2 saturated heterocycles. The molecule has 28 heavy (non-hydrogen) atoms. The van der Waals surface area contributed by atoms with Gasteiger partial charge in [-0.15, -0.1) is 0 Å². The number of imide groups is 1. The van der Waals surface area contributed by atoms with Gasteiger partial charge >= 0.3 is 0 Å². The second-order valence-corrected chi connectivity index (χ2v) is 8.25. The topological polar surface area (TPSA) is 77.4 Å². The summed E-state index contributed by atoms with van der Waals surface area (Å²) >= 11 is 1.02. The fourth-order valence-corrected chi connectivity index (χ4v) is 4.54. The number of anilines is 1. The van der Waals surface area contributed by atoms with E-state index in [0.717, 1.165) is 70.4 Å². The van der Waals surface area contributed by atoms with E-state index < -0.39 is 11.8 Å². The molecule has 144 valence electrons. The van der Waals surface area contributed by atoms with Crippen molar-refractivity contribution in [3.8, 4) is 0 Å². The van der Waals surface area contributed by atoms with Gasteiger partial charge < -0.3 is 4.90 Å². The van der Waals surface area contributed by atoms with Gasteiger partial charge in [0.1, 0.15) is 5.82 Å². The number of rotatable bonds is 2. The normalized spacial score (nSPS) is 19.1. The molecule has 0 unspecified atom stereocenters.